The second-order valence-electron chi connectivity index (χ2n) is 22.3. The molecule has 0 aromatic carbocycles. The smallest absolute Gasteiger partial charge is 0.306 e. The molecule has 0 spiro atoms. The van der Waals surface area contributed by atoms with E-state index < -0.39 is 6.10 Å². The van der Waals surface area contributed by atoms with Gasteiger partial charge in [-0.3, -0.25) is 14.4 Å². The third-order valence-electron chi connectivity index (χ3n) is 14.4. The SMILES string of the molecule is CC/C=C\C/C=C\C/C=C\C/C=C\C/C=C\CCCCCCCCCCCCCCCC(=O)OCC(COC(=O)CCCCCCC/C=C\C/C=C\CCC)OC(=O)CCCCCCCC/C=C\C/C=C\C/C=C\CCCCCCC. The lowest BCUT2D eigenvalue weighted by molar-refractivity contribution is -0.167. The Labute approximate surface area is 501 Å². The second kappa shape index (κ2) is 68.3. The number of carbonyl (C=O) groups is 3. The van der Waals surface area contributed by atoms with Crippen molar-refractivity contribution in [1.82, 2.24) is 0 Å². The Morgan fingerprint density at radius 1 is 0.259 bits per heavy atom. The van der Waals surface area contributed by atoms with Crippen molar-refractivity contribution in [3.05, 3.63) is 122 Å². The van der Waals surface area contributed by atoms with E-state index in [1.54, 1.807) is 0 Å². The maximum Gasteiger partial charge on any atom is 0.306 e. The Hall–Kier alpha value is -4.19. The molecule has 0 saturated carbocycles. The summed E-state index contributed by atoms with van der Waals surface area (Å²) in [6.45, 7) is 6.45. The minimum atomic E-state index is -0.795. The molecule has 81 heavy (non-hydrogen) atoms. The fourth-order valence-corrected chi connectivity index (χ4v) is 9.34. The molecule has 0 bridgehead atoms. The summed E-state index contributed by atoms with van der Waals surface area (Å²) in [6, 6.07) is 0. The summed E-state index contributed by atoms with van der Waals surface area (Å²) < 4.78 is 16.9. The van der Waals surface area contributed by atoms with Gasteiger partial charge in [0, 0.05) is 19.3 Å². The molecule has 0 radical (unpaired) electrons. The van der Waals surface area contributed by atoms with Gasteiger partial charge in [-0.25, -0.2) is 0 Å². The van der Waals surface area contributed by atoms with Crippen molar-refractivity contribution in [2.45, 2.75) is 322 Å². The van der Waals surface area contributed by atoms with E-state index in [0.29, 0.717) is 19.3 Å². The van der Waals surface area contributed by atoms with Crippen LogP contribution in [0.5, 0.6) is 0 Å². The molecular weight excluding hydrogens is 997 g/mol. The maximum absolute atomic E-state index is 12.9. The summed E-state index contributed by atoms with van der Waals surface area (Å²) in [4.78, 5) is 38.4. The highest BCUT2D eigenvalue weighted by molar-refractivity contribution is 5.71. The highest BCUT2D eigenvalue weighted by atomic mass is 16.6. The van der Waals surface area contributed by atoms with Gasteiger partial charge in [-0.1, -0.05) is 290 Å². The Balaban J connectivity index is 4.31. The van der Waals surface area contributed by atoms with Gasteiger partial charge in [-0.15, -0.1) is 0 Å². The molecule has 0 aliphatic heterocycles. The minimum absolute atomic E-state index is 0.0895. The number of hydrogen-bond donors (Lipinski definition) is 0. The highest BCUT2D eigenvalue weighted by Gasteiger charge is 2.19. The third-order valence-corrected chi connectivity index (χ3v) is 14.4. The average Bonchev–Trinajstić information content (AvgIpc) is 3.46. The number of rotatable bonds is 61. The van der Waals surface area contributed by atoms with Gasteiger partial charge in [0.1, 0.15) is 13.2 Å². The van der Waals surface area contributed by atoms with Crippen molar-refractivity contribution in [1.29, 1.82) is 0 Å². The molecule has 462 valence electrons. The van der Waals surface area contributed by atoms with Crippen LogP contribution in [0.4, 0.5) is 0 Å². The number of carbonyl (C=O) groups excluding carboxylic acids is 3. The van der Waals surface area contributed by atoms with E-state index in [0.717, 1.165) is 148 Å². The Morgan fingerprint density at radius 3 is 0.802 bits per heavy atom. The molecule has 6 nitrogen and oxygen atoms in total. The molecule has 0 amide bonds. The van der Waals surface area contributed by atoms with E-state index in [1.165, 1.54) is 128 Å². The Morgan fingerprint density at radius 2 is 0.506 bits per heavy atom. The van der Waals surface area contributed by atoms with Gasteiger partial charge in [0.2, 0.25) is 0 Å². The van der Waals surface area contributed by atoms with Crippen LogP contribution >= 0.6 is 0 Å². The monoisotopic (exact) mass is 1120 g/mol. The van der Waals surface area contributed by atoms with Crippen molar-refractivity contribution in [3.8, 4) is 0 Å². The van der Waals surface area contributed by atoms with E-state index in [1.807, 2.05) is 0 Å². The Kier molecular flexibility index (Phi) is 64.8. The van der Waals surface area contributed by atoms with Crippen molar-refractivity contribution < 1.29 is 28.6 Å². The molecule has 0 heterocycles. The maximum atomic E-state index is 12.9. The Bertz CT molecular complexity index is 1670. The van der Waals surface area contributed by atoms with Gasteiger partial charge < -0.3 is 14.2 Å². The lowest BCUT2D eigenvalue weighted by Gasteiger charge is -2.18. The molecule has 0 aliphatic rings. The lowest BCUT2D eigenvalue weighted by Crippen LogP contribution is -2.30. The van der Waals surface area contributed by atoms with E-state index in [4.69, 9.17) is 14.2 Å². The molecular formula is C75H126O6. The van der Waals surface area contributed by atoms with Crippen LogP contribution in [-0.4, -0.2) is 37.2 Å². The summed E-state index contributed by atoms with van der Waals surface area (Å²) in [5, 5.41) is 0. The molecule has 0 aromatic rings. The normalized spacial score (nSPS) is 12.9. The van der Waals surface area contributed by atoms with E-state index in [2.05, 4.69) is 142 Å². The summed E-state index contributed by atoms with van der Waals surface area (Å²) in [6.07, 6.45) is 95.0. The first-order valence-electron chi connectivity index (χ1n) is 34.0. The molecule has 1 unspecified atom stereocenters. The van der Waals surface area contributed by atoms with Gasteiger partial charge in [-0.05, 0) is 128 Å². The fraction of sp³-hybridized carbons (Fsp3) is 0.693. The topological polar surface area (TPSA) is 78.9 Å². The second-order valence-corrected chi connectivity index (χ2v) is 22.3. The van der Waals surface area contributed by atoms with Crippen LogP contribution in [0.2, 0.25) is 0 Å². The molecule has 0 saturated heterocycles. The predicted molar refractivity (Wildman–Crippen MR) is 353 cm³/mol. The predicted octanol–water partition coefficient (Wildman–Crippen LogP) is 23.6. The molecule has 0 aromatic heterocycles. The van der Waals surface area contributed by atoms with Gasteiger partial charge in [0.05, 0.1) is 0 Å². The van der Waals surface area contributed by atoms with Crippen LogP contribution in [0.25, 0.3) is 0 Å². The van der Waals surface area contributed by atoms with Gasteiger partial charge >= 0.3 is 17.9 Å². The minimum Gasteiger partial charge on any atom is -0.462 e. The van der Waals surface area contributed by atoms with Crippen LogP contribution in [-0.2, 0) is 28.6 Å². The first-order chi connectivity index (χ1) is 40.0. The molecule has 0 rings (SSSR count). The molecule has 6 heteroatoms. The highest BCUT2D eigenvalue weighted by Crippen LogP contribution is 2.16. The summed E-state index contributed by atoms with van der Waals surface area (Å²) >= 11 is 0. The molecule has 1 atom stereocenters. The van der Waals surface area contributed by atoms with Crippen molar-refractivity contribution in [2.75, 3.05) is 13.2 Å². The molecule has 0 fully saturated rings. The van der Waals surface area contributed by atoms with Gasteiger partial charge in [0.15, 0.2) is 6.10 Å². The largest absolute Gasteiger partial charge is 0.462 e. The van der Waals surface area contributed by atoms with Crippen LogP contribution in [0, 0.1) is 0 Å². The average molecular weight is 1120 g/mol. The van der Waals surface area contributed by atoms with Gasteiger partial charge in [-0.2, -0.15) is 0 Å². The standard InChI is InChI=1S/C75H126O6/c1-4-7-10-13-16-19-22-25-27-29-31-33-34-35-36-37-38-39-40-42-43-45-47-50-53-56-59-62-65-68-74(77)80-71-72(70-79-73(76)67-64-61-58-55-52-49-24-21-18-15-12-9-6-3)81-75(78)69-66-63-60-57-54-51-48-46-44-41-32-30-28-26-23-20-17-14-11-8-5-2/h7,10,12,15-16,19,21,23-27,30-33,35-36,44,46,72H,4-6,8-9,11,13-14,17-18,20,22,28-29,34,37-43,45,47-71H2,1-3H3/b10-7-,15-12-,19-16-,24-21-,26-23-,27-25-,32-30-,33-31-,36-35-,46-44-. The lowest BCUT2D eigenvalue weighted by atomic mass is 10.0. The summed E-state index contributed by atoms with van der Waals surface area (Å²) in [5.74, 6) is -0.910. The zero-order valence-corrected chi connectivity index (χ0v) is 53.0. The van der Waals surface area contributed by atoms with Crippen LogP contribution in [0.3, 0.4) is 0 Å². The van der Waals surface area contributed by atoms with Crippen molar-refractivity contribution in [3.63, 3.8) is 0 Å². The summed E-state index contributed by atoms with van der Waals surface area (Å²) in [5.41, 5.74) is 0. The van der Waals surface area contributed by atoms with E-state index in [-0.39, 0.29) is 31.1 Å². The third kappa shape index (κ3) is 66.5. The quantitative estimate of drug-likeness (QED) is 0.0261. The van der Waals surface area contributed by atoms with Gasteiger partial charge in [0.25, 0.3) is 0 Å². The van der Waals surface area contributed by atoms with E-state index in [9.17, 15) is 14.4 Å². The number of unbranched alkanes of at least 4 members (excludes halogenated alkanes) is 30. The molecule has 0 N–H and O–H groups in total. The molecule has 0 aliphatic carbocycles. The fourth-order valence-electron chi connectivity index (χ4n) is 9.34. The van der Waals surface area contributed by atoms with E-state index >= 15 is 0 Å². The first kappa shape index (κ1) is 76.8. The summed E-state index contributed by atoms with van der Waals surface area (Å²) in [7, 11) is 0. The number of ether oxygens (including phenoxy) is 3. The van der Waals surface area contributed by atoms with Crippen LogP contribution in [0.15, 0.2) is 122 Å². The van der Waals surface area contributed by atoms with Crippen molar-refractivity contribution in [2.24, 2.45) is 0 Å². The number of esters is 3. The van der Waals surface area contributed by atoms with Crippen LogP contribution < -0.4 is 0 Å². The van der Waals surface area contributed by atoms with Crippen molar-refractivity contribution >= 4 is 17.9 Å². The number of hydrogen-bond acceptors (Lipinski definition) is 6. The first-order valence-corrected chi connectivity index (χ1v) is 34.0. The zero-order valence-electron chi connectivity index (χ0n) is 53.0. The number of allylic oxidation sites excluding steroid dienone is 20. The zero-order chi connectivity index (χ0) is 58.5. The van der Waals surface area contributed by atoms with Crippen LogP contribution in [0.1, 0.15) is 316 Å².